The number of aromatic amines is 1. The Morgan fingerprint density at radius 3 is 3.25 bits per heavy atom. The number of aromatic nitrogens is 3. The number of nitrogens with one attached hydrogen (secondary N) is 1. The minimum atomic E-state index is 0.348. The standard InChI is InChI=1S/C8H6N4/c9-2-1-7-3-6-4-11-12-8(6)5-10-7/h3-5H,1H2,(H,11,12). The lowest BCUT2D eigenvalue weighted by Gasteiger charge is -1.91. The maximum Gasteiger partial charge on any atom is 0.0833 e. The maximum atomic E-state index is 8.43. The maximum absolute atomic E-state index is 8.43. The van der Waals surface area contributed by atoms with Crippen LogP contribution in [0.15, 0.2) is 18.5 Å². The predicted octanol–water partition coefficient (Wildman–Crippen LogP) is 1.02. The highest BCUT2D eigenvalue weighted by Crippen LogP contribution is 2.09. The van der Waals surface area contributed by atoms with Crippen LogP contribution in [0.2, 0.25) is 0 Å². The van der Waals surface area contributed by atoms with Crippen LogP contribution in [0.3, 0.4) is 0 Å². The first-order valence-corrected chi connectivity index (χ1v) is 3.55. The van der Waals surface area contributed by atoms with Gasteiger partial charge in [0.15, 0.2) is 0 Å². The molecule has 12 heavy (non-hydrogen) atoms. The van der Waals surface area contributed by atoms with Gasteiger partial charge < -0.3 is 0 Å². The van der Waals surface area contributed by atoms with E-state index in [0.717, 1.165) is 16.6 Å². The Kier molecular flexibility index (Phi) is 1.49. The molecule has 0 unspecified atom stereocenters. The van der Waals surface area contributed by atoms with E-state index in [9.17, 15) is 0 Å². The van der Waals surface area contributed by atoms with Gasteiger partial charge in [0.25, 0.3) is 0 Å². The number of H-pyrrole nitrogens is 1. The SMILES string of the molecule is N#CCc1cc2cn[nH]c2cn1. The summed E-state index contributed by atoms with van der Waals surface area (Å²) >= 11 is 0. The zero-order valence-corrected chi connectivity index (χ0v) is 6.28. The van der Waals surface area contributed by atoms with Crippen LogP contribution < -0.4 is 0 Å². The van der Waals surface area contributed by atoms with E-state index in [1.165, 1.54) is 0 Å². The molecule has 0 saturated carbocycles. The Balaban J connectivity index is 2.54. The molecule has 2 aromatic heterocycles. The van der Waals surface area contributed by atoms with Gasteiger partial charge in [0.05, 0.1) is 36.1 Å². The summed E-state index contributed by atoms with van der Waals surface area (Å²) in [5.74, 6) is 0. The predicted molar refractivity (Wildman–Crippen MR) is 43.2 cm³/mol. The summed E-state index contributed by atoms with van der Waals surface area (Å²) in [7, 11) is 0. The molecule has 0 fully saturated rings. The van der Waals surface area contributed by atoms with Gasteiger partial charge in [0.2, 0.25) is 0 Å². The van der Waals surface area contributed by atoms with Gasteiger partial charge in [-0.3, -0.25) is 10.1 Å². The van der Waals surface area contributed by atoms with E-state index in [1.807, 2.05) is 12.1 Å². The zero-order valence-electron chi connectivity index (χ0n) is 6.28. The number of rotatable bonds is 1. The van der Waals surface area contributed by atoms with Gasteiger partial charge >= 0.3 is 0 Å². The molecule has 0 bridgehead atoms. The smallest absolute Gasteiger partial charge is 0.0833 e. The van der Waals surface area contributed by atoms with Crippen LogP contribution in [-0.4, -0.2) is 15.2 Å². The molecule has 2 aromatic rings. The molecule has 0 amide bonds. The van der Waals surface area contributed by atoms with Crippen LogP contribution in [0.5, 0.6) is 0 Å². The number of nitrogens with zero attached hydrogens (tertiary/aromatic N) is 3. The molecule has 0 saturated heterocycles. The van der Waals surface area contributed by atoms with Gasteiger partial charge in [-0.15, -0.1) is 0 Å². The largest absolute Gasteiger partial charge is 0.276 e. The summed E-state index contributed by atoms with van der Waals surface area (Å²) in [5, 5.41) is 16.1. The second kappa shape index (κ2) is 2.62. The van der Waals surface area contributed by atoms with Crippen LogP contribution >= 0.6 is 0 Å². The van der Waals surface area contributed by atoms with Crippen molar-refractivity contribution in [3.8, 4) is 6.07 Å². The molecule has 0 aliphatic rings. The van der Waals surface area contributed by atoms with E-state index in [0.29, 0.717) is 6.42 Å². The molecule has 0 aromatic carbocycles. The monoisotopic (exact) mass is 158 g/mol. The van der Waals surface area contributed by atoms with E-state index in [-0.39, 0.29) is 0 Å². The lowest BCUT2D eigenvalue weighted by atomic mass is 10.2. The molecule has 0 aliphatic heterocycles. The van der Waals surface area contributed by atoms with Crippen LogP contribution in [-0.2, 0) is 6.42 Å². The molecule has 4 heteroatoms. The van der Waals surface area contributed by atoms with Crippen molar-refractivity contribution in [2.45, 2.75) is 6.42 Å². The molecule has 0 radical (unpaired) electrons. The van der Waals surface area contributed by atoms with Gasteiger partial charge in [0.1, 0.15) is 0 Å². The van der Waals surface area contributed by atoms with E-state index >= 15 is 0 Å². The van der Waals surface area contributed by atoms with E-state index in [1.54, 1.807) is 12.4 Å². The molecule has 0 spiro atoms. The molecule has 0 atom stereocenters. The minimum absolute atomic E-state index is 0.348. The number of nitriles is 1. The van der Waals surface area contributed by atoms with Gasteiger partial charge in [-0.05, 0) is 6.07 Å². The van der Waals surface area contributed by atoms with Crippen molar-refractivity contribution in [1.82, 2.24) is 15.2 Å². The van der Waals surface area contributed by atoms with E-state index in [4.69, 9.17) is 5.26 Å². The van der Waals surface area contributed by atoms with Crippen molar-refractivity contribution in [3.63, 3.8) is 0 Å². The highest BCUT2D eigenvalue weighted by Gasteiger charge is 1.97. The third-order valence-electron chi connectivity index (χ3n) is 1.64. The van der Waals surface area contributed by atoms with Crippen LogP contribution in [0.1, 0.15) is 5.69 Å². The first-order valence-electron chi connectivity index (χ1n) is 3.55. The summed E-state index contributed by atoms with van der Waals surface area (Å²) in [4.78, 5) is 4.08. The average molecular weight is 158 g/mol. The Bertz CT molecular complexity index is 437. The number of fused-ring (bicyclic) bond motifs is 1. The van der Waals surface area contributed by atoms with Gasteiger partial charge in [-0.1, -0.05) is 0 Å². The summed E-state index contributed by atoms with van der Waals surface area (Å²) < 4.78 is 0. The third kappa shape index (κ3) is 1.01. The Morgan fingerprint density at radius 2 is 2.42 bits per heavy atom. The molecule has 0 aliphatic carbocycles. The average Bonchev–Trinajstić information content (AvgIpc) is 2.51. The molecular weight excluding hydrogens is 152 g/mol. The van der Waals surface area contributed by atoms with Crippen molar-refractivity contribution in [3.05, 3.63) is 24.2 Å². The van der Waals surface area contributed by atoms with Crippen molar-refractivity contribution in [1.29, 1.82) is 5.26 Å². The molecule has 4 nitrogen and oxygen atoms in total. The van der Waals surface area contributed by atoms with E-state index in [2.05, 4.69) is 15.2 Å². The number of pyridine rings is 1. The molecule has 58 valence electrons. The minimum Gasteiger partial charge on any atom is -0.276 e. The molecule has 1 N–H and O–H groups in total. The Labute approximate surface area is 68.9 Å². The summed E-state index contributed by atoms with van der Waals surface area (Å²) in [6.45, 7) is 0. The highest BCUT2D eigenvalue weighted by molar-refractivity contribution is 5.77. The van der Waals surface area contributed by atoms with Gasteiger partial charge in [-0.25, -0.2) is 0 Å². The fraction of sp³-hybridized carbons (Fsp3) is 0.125. The Hall–Kier alpha value is -1.89. The van der Waals surface area contributed by atoms with Crippen molar-refractivity contribution < 1.29 is 0 Å². The first kappa shape index (κ1) is 6.80. The Morgan fingerprint density at radius 1 is 1.50 bits per heavy atom. The normalized spacial score (nSPS) is 9.92. The van der Waals surface area contributed by atoms with Gasteiger partial charge in [-0.2, -0.15) is 10.4 Å². The third-order valence-corrected chi connectivity index (χ3v) is 1.64. The van der Waals surface area contributed by atoms with Crippen molar-refractivity contribution in [2.24, 2.45) is 0 Å². The second-order valence-electron chi connectivity index (χ2n) is 2.47. The zero-order chi connectivity index (χ0) is 8.39. The first-order chi connectivity index (χ1) is 5.90. The molecule has 2 heterocycles. The summed E-state index contributed by atoms with van der Waals surface area (Å²) in [6.07, 6.45) is 3.76. The molecular formula is C8H6N4. The van der Waals surface area contributed by atoms with Gasteiger partial charge in [0, 0.05) is 5.39 Å². The van der Waals surface area contributed by atoms with Crippen molar-refractivity contribution >= 4 is 10.9 Å². The topological polar surface area (TPSA) is 65.4 Å². The van der Waals surface area contributed by atoms with E-state index < -0.39 is 0 Å². The quantitative estimate of drug-likeness (QED) is 0.673. The lowest BCUT2D eigenvalue weighted by Crippen LogP contribution is -1.85. The summed E-state index contributed by atoms with van der Waals surface area (Å²) in [6, 6.07) is 3.91. The van der Waals surface area contributed by atoms with Crippen LogP contribution in [0.4, 0.5) is 0 Å². The van der Waals surface area contributed by atoms with Crippen LogP contribution in [0.25, 0.3) is 10.9 Å². The van der Waals surface area contributed by atoms with Crippen molar-refractivity contribution in [2.75, 3.05) is 0 Å². The van der Waals surface area contributed by atoms with Crippen LogP contribution in [0, 0.1) is 11.3 Å². The second-order valence-corrected chi connectivity index (χ2v) is 2.47. The fourth-order valence-corrected chi connectivity index (χ4v) is 1.07. The fourth-order valence-electron chi connectivity index (χ4n) is 1.07. The molecule has 2 rings (SSSR count). The lowest BCUT2D eigenvalue weighted by molar-refractivity contribution is 1.10. The number of hydrogen-bond acceptors (Lipinski definition) is 3. The summed E-state index contributed by atoms with van der Waals surface area (Å²) in [5.41, 5.74) is 1.68. The number of hydrogen-bond donors (Lipinski definition) is 1. The highest BCUT2D eigenvalue weighted by atomic mass is 15.1.